The fraction of sp³-hybridized carbons (Fsp3) is 0.250. The molecule has 0 bridgehead atoms. The molecule has 0 spiro atoms. The third-order valence-electron chi connectivity index (χ3n) is 4.34. The van der Waals surface area contributed by atoms with Crippen molar-refractivity contribution >= 4 is 16.3 Å². The van der Waals surface area contributed by atoms with E-state index in [1.54, 1.807) is 23.0 Å². The van der Waals surface area contributed by atoms with Crippen molar-refractivity contribution in [1.29, 1.82) is 0 Å². The van der Waals surface area contributed by atoms with E-state index in [0.717, 1.165) is 32.7 Å². The van der Waals surface area contributed by atoms with E-state index >= 15 is 0 Å². The fourth-order valence-corrected chi connectivity index (χ4v) is 3.61. The molecule has 0 radical (unpaired) electrons. The Balaban J connectivity index is 1.71. The van der Waals surface area contributed by atoms with Crippen molar-refractivity contribution in [2.24, 2.45) is 0 Å². The Bertz CT molecular complexity index is 1040. The van der Waals surface area contributed by atoms with E-state index in [1.807, 2.05) is 24.3 Å². The summed E-state index contributed by atoms with van der Waals surface area (Å²) in [6.45, 7) is 6.64. The zero-order chi connectivity index (χ0) is 18.3. The Morgan fingerprint density at radius 1 is 0.885 bits per heavy atom. The normalized spacial score (nSPS) is 11.8. The topological polar surface area (TPSA) is 52.3 Å². The molecule has 4 rings (SSSR count). The third-order valence-corrected chi connectivity index (χ3v) is 5.28. The van der Waals surface area contributed by atoms with Gasteiger partial charge in [0.15, 0.2) is 5.82 Å². The van der Waals surface area contributed by atoms with Crippen molar-refractivity contribution in [3.63, 3.8) is 0 Å². The van der Waals surface area contributed by atoms with Gasteiger partial charge in [-0.05, 0) is 35.2 Å². The van der Waals surface area contributed by atoms with Crippen LogP contribution in [0.2, 0.25) is 0 Å². The lowest BCUT2D eigenvalue weighted by molar-refractivity contribution is 0.415. The average molecular weight is 364 g/mol. The van der Waals surface area contributed by atoms with E-state index in [2.05, 4.69) is 55.2 Å². The van der Waals surface area contributed by atoms with Crippen LogP contribution in [-0.2, 0) is 5.41 Å². The quantitative estimate of drug-likeness (QED) is 0.523. The van der Waals surface area contributed by atoms with E-state index in [-0.39, 0.29) is 5.41 Å². The van der Waals surface area contributed by atoms with E-state index in [9.17, 15) is 0 Å². The van der Waals surface area contributed by atoms with Gasteiger partial charge in [-0.1, -0.05) is 56.4 Å². The number of nitrogens with zero attached hydrogens (tertiary/aromatic N) is 4. The van der Waals surface area contributed by atoms with Crippen LogP contribution in [0.5, 0.6) is 5.75 Å². The molecular formula is C20H20N4OS. The fourth-order valence-electron chi connectivity index (χ4n) is 2.77. The summed E-state index contributed by atoms with van der Waals surface area (Å²) in [6.07, 6.45) is 0. The maximum absolute atomic E-state index is 5.21. The monoisotopic (exact) mass is 364 g/mol. The average Bonchev–Trinajstić information content (AvgIpc) is 3.22. The van der Waals surface area contributed by atoms with E-state index in [4.69, 9.17) is 9.84 Å². The molecule has 0 N–H and O–H groups in total. The number of ether oxygens (including phenoxy) is 1. The summed E-state index contributed by atoms with van der Waals surface area (Å²) < 4.78 is 7.02. The number of hydrogen-bond donors (Lipinski definition) is 0. The maximum atomic E-state index is 5.21. The summed E-state index contributed by atoms with van der Waals surface area (Å²) in [5, 5.41) is 14.2. The number of hydrogen-bond acceptors (Lipinski definition) is 5. The summed E-state index contributed by atoms with van der Waals surface area (Å²) in [5.41, 5.74) is 3.50. The summed E-state index contributed by atoms with van der Waals surface area (Å²) in [7, 11) is 1.65. The summed E-state index contributed by atoms with van der Waals surface area (Å²) in [6, 6.07) is 16.3. The summed E-state index contributed by atoms with van der Waals surface area (Å²) in [4.78, 5) is 0.783. The number of rotatable bonds is 3. The smallest absolute Gasteiger partial charge is 0.235 e. The Morgan fingerprint density at radius 2 is 1.54 bits per heavy atom. The summed E-state index contributed by atoms with van der Waals surface area (Å²) >= 11 is 1.54. The van der Waals surface area contributed by atoms with Crippen molar-refractivity contribution in [3.8, 4) is 27.7 Å². The van der Waals surface area contributed by atoms with Crippen LogP contribution in [0.3, 0.4) is 0 Å². The predicted molar refractivity (Wildman–Crippen MR) is 105 cm³/mol. The molecule has 4 aromatic rings. The lowest BCUT2D eigenvalue weighted by Gasteiger charge is -2.18. The zero-order valence-electron chi connectivity index (χ0n) is 15.2. The molecule has 0 saturated carbocycles. The standard InChI is InChI=1S/C20H20N4OS/c1-20(2,3)15-9-5-14(6-10-15)18-23-24-17(21-22-19(24)26-18)13-7-11-16(25-4)12-8-13/h5-12H,1-4H3. The Kier molecular flexibility index (Phi) is 4.00. The summed E-state index contributed by atoms with van der Waals surface area (Å²) in [5.74, 6) is 1.55. The molecule has 0 aliphatic heterocycles. The molecule has 0 aliphatic carbocycles. The molecule has 0 aliphatic rings. The van der Waals surface area contributed by atoms with Crippen LogP contribution >= 0.6 is 11.3 Å². The first-order chi connectivity index (χ1) is 12.5. The van der Waals surface area contributed by atoms with Crippen molar-refractivity contribution in [2.45, 2.75) is 26.2 Å². The van der Waals surface area contributed by atoms with Gasteiger partial charge in [-0.15, -0.1) is 10.2 Å². The number of methoxy groups -OCH3 is 1. The highest BCUT2D eigenvalue weighted by Crippen LogP contribution is 2.30. The second-order valence-electron chi connectivity index (χ2n) is 7.18. The van der Waals surface area contributed by atoms with Crippen molar-refractivity contribution < 1.29 is 4.74 Å². The van der Waals surface area contributed by atoms with Gasteiger partial charge >= 0.3 is 0 Å². The van der Waals surface area contributed by atoms with E-state index in [1.165, 1.54) is 5.56 Å². The highest BCUT2D eigenvalue weighted by Gasteiger charge is 2.16. The van der Waals surface area contributed by atoms with E-state index in [0.29, 0.717) is 0 Å². The minimum Gasteiger partial charge on any atom is -0.497 e. The van der Waals surface area contributed by atoms with Gasteiger partial charge in [0.25, 0.3) is 0 Å². The van der Waals surface area contributed by atoms with Crippen molar-refractivity contribution in [1.82, 2.24) is 19.8 Å². The molecule has 26 heavy (non-hydrogen) atoms. The highest BCUT2D eigenvalue weighted by molar-refractivity contribution is 7.19. The molecule has 2 aromatic heterocycles. The molecule has 2 aromatic carbocycles. The van der Waals surface area contributed by atoms with Gasteiger partial charge in [0.05, 0.1) is 7.11 Å². The van der Waals surface area contributed by atoms with Crippen LogP contribution in [0.25, 0.3) is 26.9 Å². The van der Waals surface area contributed by atoms with Gasteiger partial charge in [-0.25, -0.2) is 0 Å². The molecule has 0 atom stereocenters. The van der Waals surface area contributed by atoms with Crippen LogP contribution < -0.4 is 4.74 Å². The van der Waals surface area contributed by atoms with Gasteiger partial charge in [-0.3, -0.25) is 0 Å². The predicted octanol–water partition coefficient (Wildman–Crippen LogP) is 4.83. The van der Waals surface area contributed by atoms with Crippen LogP contribution in [0.15, 0.2) is 48.5 Å². The van der Waals surface area contributed by atoms with Gasteiger partial charge < -0.3 is 4.74 Å². The number of benzene rings is 2. The lowest BCUT2D eigenvalue weighted by Crippen LogP contribution is -2.10. The molecule has 0 saturated heterocycles. The lowest BCUT2D eigenvalue weighted by atomic mass is 9.87. The van der Waals surface area contributed by atoms with Crippen LogP contribution in [0, 0.1) is 0 Å². The second kappa shape index (κ2) is 6.21. The number of aromatic nitrogens is 4. The third kappa shape index (κ3) is 2.97. The van der Waals surface area contributed by atoms with Crippen LogP contribution in [0.1, 0.15) is 26.3 Å². The van der Waals surface area contributed by atoms with Crippen LogP contribution in [0.4, 0.5) is 0 Å². The molecule has 2 heterocycles. The largest absolute Gasteiger partial charge is 0.497 e. The van der Waals surface area contributed by atoms with Gasteiger partial charge in [0.1, 0.15) is 10.8 Å². The molecule has 0 amide bonds. The second-order valence-corrected chi connectivity index (χ2v) is 8.14. The Morgan fingerprint density at radius 3 is 2.15 bits per heavy atom. The van der Waals surface area contributed by atoms with Crippen LogP contribution in [-0.4, -0.2) is 26.9 Å². The molecule has 0 fully saturated rings. The minimum atomic E-state index is 0.140. The van der Waals surface area contributed by atoms with Crippen molar-refractivity contribution in [2.75, 3.05) is 7.11 Å². The molecule has 0 unspecified atom stereocenters. The molecule has 132 valence electrons. The first-order valence-corrected chi connectivity index (χ1v) is 9.25. The van der Waals surface area contributed by atoms with Gasteiger partial charge in [-0.2, -0.15) is 9.61 Å². The molecule has 6 heteroatoms. The highest BCUT2D eigenvalue weighted by atomic mass is 32.1. The minimum absolute atomic E-state index is 0.140. The Labute approximate surface area is 156 Å². The Hall–Kier alpha value is -2.73. The maximum Gasteiger partial charge on any atom is 0.235 e. The molecular weight excluding hydrogens is 344 g/mol. The molecule has 5 nitrogen and oxygen atoms in total. The SMILES string of the molecule is COc1ccc(-c2nnc3sc(-c4ccc(C(C)(C)C)cc4)nn23)cc1. The first kappa shape index (κ1) is 16.7. The van der Waals surface area contributed by atoms with E-state index < -0.39 is 0 Å². The number of fused-ring (bicyclic) bond motifs is 1. The van der Waals surface area contributed by atoms with Crippen molar-refractivity contribution in [3.05, 3.63) is 54.1 Å². The zero-order valence-corrected chi connectivity index (χ0v) is 16.0. The van der Waals surface area contributed by atoms with Gasteiger partial charge in [0.2, 0.25) is 4.96 Å². The first-order valence-electron chi connectivity index (χ1n) is 8.43. The van der Waals surface area contributed by atoms with Gasteiger partial charge in [0, 0.05) is 11.1 Å².